The van der Waals surface area contributed by atoms with Crippen LogP contribution in [0, 0.1) is 6.92 Å². The minimum atomic E-state index is 0.0758. The molecule has 0 amide bonds. The Balaban J connectivity index is 2.46. The second kappa shape index (κ2) is 4.33. The average Bonchev–Trinajstić information content (AvgIpc) is 2.36. The summed E-state index contributed by atoms with van der Waals surface area (Å²) < 4.78 is 4.71. The Morgan fingerprint density at radius 3 is 3.00 bits per heavy atom. The Labute approximate surface area is 75.4 Å². The number of thiazole rings is 1. The number of carbonyl (C=O) groups is 1. The molecule has 3 nitrogen and oxygen atoms in total. The lowest BCUT2D eigenvalue weighted by atomic mass is 10.3. The molecule has 1 heterocycles. The molecule has 0 aliphatic rings. The molecule has 0 saturated carbocycles. The summed E-state index contributed by atoms with van der Waals surface area (Å²) in [7, 11) is 1.52. The largest absolute Gasteiger partial charge is 0.377 e. The maximum atomic E-state index is 11.1. The molecule has 0 atom stereocenters. The quantitative estimate of drug-likeness (QED) is 0.707. The Bertz CT molecular complexity index is 270. The molecule has 4 heteroatoms. The van der Waals surface area contributed by atoms with E-state index in [2.05, 4.69) is 4.98 Å². The van der Waals surface area contributed by atoms with Gasteiger partial charge in [-0.1, -0.05) is 0 Å². The van der Waals surface area contributed by atoms with Gasteiger partial charge in [0, 0.05) is 18.2 Å². The van der Waals surface area contributed by atoms with Crippen molar-refractivity contribution in [3.05, 3.63) is 16.1 Å². The number of carbonyl (C=O) groups excluding carboxylic acids is 1. The van der Waals surface area contributed by atoms with Crippen LogP contribution in [0.5, 0.6) is 0 Å². The minimum absolute atomic E-state index is 0.0758. The molecule has 0 N–H and O–H groups in total. The van der Waals surface area contributed by atoms with Gasteiger partial charge in [0.25, 0.3) is 0 Å². The van der Waals surface area contributed by atoms with Crippen LogP contribution in [-0.2, 0) is 16.0 Å². The summed E-state index contributed by atoms with van der Waals surface area (Å²) in [6.45, 7) is 2.10. The van der Waals surface area contributed by atoms with Crippen LogP contribution in [0.15, 0.2) is 5.38 Å². The SMILES string of the molecule is COCC(=O)Cc1nc(C)cs1. The first-order valence-electron chi connectivity index (χ1n) is 3.64. The summed E-state index contributed by atoms with van der Waals surface area (Å²) in [4.78, 5) is 15.2. The first kappa shape index (κ1) is 9.35. The molecule has 1 rings (SSSR count). The summed E-state index contributed by atoms with van der Waals surface area (Å²) in [6.07, 6.45) is 0.395. The van der Waals surface area contributed by atoms with Gasteiger partial charge >= 0.3 is 0 Å². The number of aryl methyl sites for hydroxylation is 1. The molecular weight excluding hydrogens is 174 g/mol. The van der Waals surface area contributed by atoms with Crippen molar-refractivity contribution in [2.45, 2.75) is 13.3 Å². The number of hydrogen-bond donors (Lipinski definition) is 0. The van der Waals surface area contributed by atoms with Crippen LogP contribution < -0.4 is 0 Å². The second-order valence-corrected chi connectivity index (χ2v) is 3.47. The summed E-state index contributed by atoms with van der Waals surface area (Å²) in [5.41, 5.74) is 0.972. The van der Waals surface area contributed by atoms with Gasteiger partial charge < -0.3 is 4.74 Å². The van der Waals surface area contributed by atoms with Crippen molar-refractivity contribution < 1.29 is 9.53 Å². The number of hydrogen-bond acceptors (Lipinski definition) is 4. The van der Waals surface area contributed by atoms with Crippen LogP contribution in [0.2, 0.25) is 0 Å². The van der Waals surface area contributed by atoms with E-state index in [0.717, 1.165) is 10.7 Å². The Morgan fingerprint density at radius 2 is 2.50 bits per heavy atom. The van der Waals surface area contributed by atoms with Gasteiger partial charge in [-0.15, -0.1) is 11.3 Å². The number of ketones is 1. The van der Waals surface area contributed by atoms with Crippen LogP contribution in [0.1, 0.15) is 10.7 Å². The standard InChI is InChI=1S/C8H11NO2S/c1-6-5-12-8(9-6)3-7(10)4-11-2/h5H,3-4H2,1-2H3. The Hall–Kier alpha value is -0.740. The normalized spacial score (nSPS) is 10.2. The molecule has 1 aromatic rings. The second-order valence-electron chi connectivity index (χ2n) is 2.53. The molecule has 12 heavy (non-hydrogen) atoms. The molecule has 0 aliphatic heterocycles. The van der Waals surface area contributed by atoms with Crippen molar-refractivity contribution in [2.75, 3.05) is 13.7 Å². The van der Waals surface area contributed by atoms with Crippen molar-refractivity contribution in [3.8, 4) is 0 Å². The van der Waals surface area contributed by atoms with E-state index < -0.39 is 0 Å². The first-order chi connectivity index (χ1) is 5.72. The van der Waals surface area contributed by atoms with Crippen molar-refractivity contribution in [1.82, 2.24) is 4.98 Å². The van der Waals surface area contributed by atoms with Gasteiger partial charge in [-0.2, -0.15) is 0 Å². The third-order valence-electron chi connectivity index (χ3n) is 1.32. The van der Waals surface area contributed by atoms with Crippen molar-refractivity contribution in [1.29, 1.82) is 0 Å². The number of ether oxygens (including phenoxy) is 1. The fourth-order valence-corrected chi connectivity index (χ4v) is 1.66. The molecule has 0 aromatic carbocycles. The van der Waals surface area contributed by atoms with Gasteiger partial charge in [-0.05, 0) is 6.92 Å². The molecular formula is C8H11NO2S. The fraction of sp³-hybridized carbons (Fsp3) is 0.500. The van der Waals surface area contributed by atoms with E-state index in [-0.39, 0.29) is 12.4 Å². The number of nitrogens with zero attached hydrogens (tertiary/aromatic N) is 1. The maximum absolute atomic E-state index is 11.1. The molecule has 0 fully saturated rings. The van der Waals surface area contributed by atoms with Gasteiger partial charge in [0.15, 0.2) is 5.78 Å². The van der Waals surface area contributed by atoms with Gasteiger partial charge in [0.2, 0.25) is 0 Å². The smallest absolute Gasteiger partial charge is 0.165 e. The van der Waals surface area contributed by atoms with Crippen molar-refractivity contribution in [2.24, 2.45) is 0 Å². The van der Waals surface area contributed by atoms with Crippen LogP contribution in [0.25, 0.3) is 0 Å². The summed E-state index contributed by atoms with van der Waals surface area (Å²) in [5.74, 6) is 0.0758. The lowest BCUT2D eigenvalue weighted by Crippen LogP contribution is -2.09. The van der Waals surface area contributed by atoms with Crippen LogP contribution >= 0.6 is 11.3 Å². The number of methoxy groups -OCH3 is 1. The fourth-order valence-electron chi connectivity index (χ4n) is 0.865. The highest BCUT2D eigenvalue weighted by Gasteiger charge is 2.05. The van der Waals surface area contributed by atoms with E-state index in [4.69, 9.17) is 4.74 Å². The molecule has 0 bridgehead atoms. The summed E-state index contributed by atoms with van der Waals surface area (Å²) >= 11 is 1.52. The molecule has 0 saturated heterocycles. The van der Waals surface area contributed by atoms with Crippen LogP contribution in [0.3, 0.4) is 0 Å². The molecule has 1 aromatic heterocycles. The molecule has 0 spiro atoms. The van der Waals surface area contributed by atoms with Crippen LogP contribution in [-0.4, -0.2) is 24.5 Å². The van der Waals surface area contributed by atoms with E-state index in [1.54, 1.807) is 0 Å². The maximum Gasteiger partial charge on any atom is 0.165 e. The van der Waals surface area contributed by atoms with Gasteiger partial charge in [0.1, 0.15) is 11.6 Å². The predicted octanol–water partition coefficient (Wildman–Crippen LogP) is 1.21. The van der Waals surface area contributed by atoms with E-state index in [9.17, 15) is 4.79 Å². The highest BCUT2D eigenvalue weighted by atomic mass is 32.1. The number of aromatic nitrogens is 1. The zero-order valence-corrected chi connectivity index (χ0v) is 7.98. The predicted molar refractivity (Wildman–Crippen MR) is 47.4 cm³/mol. The zero-order chi connectivity index (χ0) is 8.97. The first-order valence-corrected chi connectivity index (χ1v) is 4.52. The average molecular weight is 185 g/mol. The highest BCUT2D eigenvalue weighted by molar-refractivity contribution is 7.09. The molecule has 0 aliphatic carbocycles. The topological polar surface area (TPSA) is 39.2 Å². The van der Waals surface area contributed by atoms with Gasteiger partial charge in [-0.3, -0.25) is 4.79 Å². The summed E-state index contributed by atoms with van der Waals surface area (Å²) in [6, 6.07) is 0. The third kappa shape index (κ3) is 2.71. The lowest BCUT2D eigenvalue weighted by molar-refractivity contribution is -0.121. The Morgan fingerprint density at radius 1 is 1.75 bits per heavy atom. The Kier molecular flexibility index (Phi) is 3.37. The van der Waals surface area contributed by atoms with Gasteiger partial charge in [0.05, 0.1) is 6.42 Å². The summed E-state index contributed by atoms with van der Waals surface area (Å²) in [5, 5.41) is 2.81. The van der Waals surface area contributed by atoms with Gasteiger partial charge in [-0.25, -0.2) is 4.98 Å². The highest BCUT2D eigenvalue weighted by Crippen LogP contribution is 2.09. The van der Waals surface area contributed by atoms with Crippen LogP contribution in [0.4, 0.5) is 0 Å². The molecule has 0 radical (unpaired) electrons. The van der Waals surface area contributed by atoms with Crippen molar-refractivity contribution >= 4 is 17.1 Å². The van der Waals surface area contributed by atoms with E-state index in [1.807, 2.05) is 12.3 Å². The third-order valence-corrected chi connectivity index (χ3v) is 2.29. The number of rotatable bonds is 4. The van der Waals surface area contributed by atoms with Crippen molar-refractivity contribution in [3.63, 3.8) is 0 Å². The van der Waals surface area contributed by atoms with E-state index in [0.29, 0.717) is 6.42 Å². The monoisotopic (exact) mass is 185 g/mol. The van der Waals surface area contributed by atoms with E-state index >= 15 is 0 Å². The molecule has 66 valence electrons. The zero-order valence-electron chi connectivity index (χ0n) is 7.16. The minimum Gasteiger partial charge on any atom is -0.377 e. The molecule has 0 unspecified atom stereocenters. The van der Waals surface area contributed by atoms with E-state index in [1.165, 1.54) is 18.4 Å². The lowest BCUT2D eigenvalue weighted by Gasteiger charge is -1.94. The number of Topliss-reactive ketones (excluding diaryl/α,β-unsaturated/α-hetero) is 1.